The Morgan fingerprint density at radius 2 is 1.83 bits per heavy atom. The van der Waals surface area contributed by atoms with Crippen LogP contribution in [-0.2, 0) is 20.1 Å². The van der Waals surface area contributed by atoms with Gasteiger partial charge < -0.3 is 15.1 Å². The molecule has 1 aromatic heterocycles. The van der Waals surface area contributed by atoms with E-state index in [4.69, 9.17) is 4.99 Å². The molecule has 7 nitrogen and oxygen atoms in total. The summed E-state index contributed by atoms with van der Waals surface area (Å²) in [4.78, 5) is 20.5. The monoisotopic (exact) mass is 526 g/mol. The summed E-state index contributed by atoms with van der Waals surface area (Å²) in [5.74, 6) is 1.23. The van der Waals surface area contributed by atoms with E-state index in [1.165, 1.54) is 5.56 Å². The van der Waals surface area contributed by atoms with Crippen LogP contribution in [0.4, 0.5) is 0 Å². The minimum absolute atomic E-state index is 0. The molecule has 2 rings (SSSR count). The Balaban J connectivity index is 0.00000450. The molecule has 2 aromatic rings. The van der Waals surface area contributed by atoms with Gasteiger partial charge in [-0.15, -0.1) is 24.0 Å². The SMILES string of the molecule is CCNC(=NCc1ccc(C(=O)N(C)C)cc1)N(C)Cc1cn(C)nc1C(C)C.I. The lowest BCUT2D eigenvalue weighted by Crippen LogP contribution is -2.38. The number of aryl methyl sites for hydroxylation is 1. The third-order valence-corrected chi connectivity index (χ3v) is 4.61. The van der Waals surface area contributed by atoms with Crippen LogP contribution in [0.25, 0.3) is 0 Å². The lowest BCUT2D eigenvalue weighted by Gasteiger charge is -2.22. The van der Waals surface area contributed by atoms with E-state index in [1.807, 2.05) is 43.0 Å². The molecule has 166 valence electrons. The van der Waals surface area contributed by atoms with Crippen molar-refractivity contribution in [1.82, 2.24) is 24.9 Å². The first-order valence-corrected chi connectivity index (χ1v) is 10.0. The van der Waals surface area contributed by atoms with Crippen LogP contribution in [0.2, 0.25) is 0 Å². The molecule has 0 aliphatic rings. The third kappa shape index (κ3) is 7.00. The minimum Gasteiger partial charge on any atom is -0.357 e. The molecule has 1 N–H and O–H groups in total. The van der Waals surface area contributed by atoms with Gasteiger partial charge in [0.05, 0.1) is 12.2 Å². The minimum atomic E-state index is 0. The maximum atomic E-state index is 12.0. The van der Waals surface area contributed by atoms with Gasteiger partial charge >= 0.3 is 0 Å². The van der Waals surface area contributed by atoms with Crippen molar-refractivity contribution in [3.63, 3.8) is 0 Å². The number of halogens is 1. The quantitative estimate of drug-likeness (QED) is 0.341. The van der Waals surface area contributed by atoms with Crippen molar-refractivity contribution in [3.05, 3.63) is 52.8 Å². The second kappa shape index (κ2) is 11.9. The number of hydrogen-bond donors (Lipinski definition) is 1. The Morgan fingerprint density at radius 3 is 2.37 bits per heavy atom. The van der Waals surface area contributed by atoms with Crippen LogP contribution in [0, 0.1) is 0 Å². The highest BCUT2D eigenvalue weighted by Crippen LogP contribution is 2.18. The Morgan fingerprint density at radius 1 is 1.20 bits per heavy atom. The number of nitrogens with one attached hydrogen (secondary N) is 1. The fourth-order valence-electron chi connectivity index (χ4n) is 3.14. The van der Waals surface area contributed by atoms with Gasteiger partial charge in [-0.2, -0.15) is 5.10 Å². The summed E-state index contributed by atoms with van der Waals surface area (Å²) in [6.07, 6.45) is 2.08. The molecule has 0 aliphatic heterocycles. The molecule has 0 bridgehead atoms. The maximum Gasteiger partial charge on any atom is 0.253 e. The number of amides is 1. The van der Waals surface area contributed by atoms with Crippen LogP contribution in [0.5, 0.6) is 0 Å². The van der Waals surface area contributed by atoms with E-state index in [0.717, 1.165) is 30.3 Å². The Bertz CT molecular complexity index is 842. The van der Waals surface area contributed by atoms with Crippen LogP contribution in [0.15, 0.2) is 35.5 Å². The first kappa shape index (κ1) is 25.9. The van der Waals surface area contributed by atoms with Gasteiger partial charge in [-0.1, -0.05) is 26.0 Å². The van der Waals surface area contributed by atoms with Crippen molar-refractivity contribution in [1.29, 1.82) is 0 Å². The van der Waals surface area contributed by atoms with Crippen molar-refractivity contribution < 1.29 is 4.79 Å². The molecule has 0 unspecified atom stereocenters. The highest BCUT2D eigenvalue weighted by atomic mass is 127. The van der Waals surface area contributed by atoms with Crippen molar-refractivity contribution in [2.24, 2.45) is 12.0 Å². The zero-order chi connectivity index (χ0) is 21.6. The molecule has 8 heteroatoms. The van der Waals surface area contributed by atoms with Crippen LogP contribution in [0.1, 0.15) is 53.9 Å². The van der Waals surface area contributed by atoms with Crippen LogP contribution in [0.3, 0.4) is 0 Å². The summed E-state index contributed by atoms with van der Waals surface area (Å²) in [7, 11) is 7.51. The highest BCUT2D eigenvalue weighted by molar-refractivity contribution is 14.0. The molecule has 0 spiro atoms. The zero-order valence-corrected chi connectivity index (χ0v) is 21.5. The van der Waals surface area contributed by atoms with E-state index >= 15 is 0 Å². The Hall–Kier alpha value is -2.10. The summed E-state index contributed by atoms with van der Waals surface area (Å²) >= 11 is 0. The van der Waals surface area contributed by atoms with Gasteiger partial charge in [0.1, 0.15) is 0 Å². The lowest BCUT2D eigenvalue weighted by atomic mass is 10.1. The van der Waals surface area contributed by atoms with Crippen molar-refractivity contribution >= 4 is 35.8 Å². The van der Waals surface area contributed by atoms with Crippen LogP contribution in [-0.4, -0.2) is 59.1 Å². The highest BCUT2D eigenvalue weighted by Gasteiger charge is 2.15. The standard InChI is InChI=1S/C22H34N6O.HI/c1-8-23-22(27(6)14-19-15-28(7)25-20(19)16(2)3)24-13-17-9-11-18(12-10-17)21(29)26(4)5;/h9-12,15-16H,8,13-14H2,1-7H3,(H,23,24);1H. The second-order valence-corrected chi connectivity index (χ2v) is 7.79. The maximum absolute atomic E-state index is 12.0. The molecule has 0 saturated carbocycles. The van der Waals surface area contributed by atoms with Crippen molar-refractivity contribution in [2.45, 2.75) is 39.8 Å². The van der Waals surface area contributed by atoms with Gasteiger partial charge in [0.15, 0.2) is 5.96 Å². The molecule has 1 aromatic carbocycles. The number of carbonyl (C=O) groups is 1. The zero-order valence-electron chi connectivity index (χ0n) is 19.1. The molecular formula is C22H35IN6O. The molecule has 1 amide bonds. The first-order valence-electron chi connectivity index (χ1n) is 10.0. The molecular weight excluding hydrogens is 491 g/mol. The van der Waals surface area contributed by atoms with Crippen LogP contribution < -0.4 is 5.32 Å². The Labute approximate surface area is 197 Å². The molecule has 1 heterocycles. The molecule has 0 aliphatic carbocycles. The predicted octanol–water partition coefficient (Wildman–Crippen LogP) is 3.46. The van der Waals surface area contributed by atoms with Gasteiger partial charge in [0.2, 0.25) is 0 Å². The second-order valence-electron chi connectivity index (χ2n) is 7.79. The molecule has 0 fully saturated rings. The number of guanidine groups is 1. The molecule has 0 saturated heterocycles. The summed E-state index contributed by atoms with van der Waals surface area (Å²) in [6, 6.07) is 7.63. The Kier molecular flexibility index (Phi) is 10.3. The third-order valence-electron chi connectivity index (χ3n) is 4.61. The summed E-state index contributed by atoms with van der Waals surface area (Å²) in [5.41, 5.74) is 4.08. The van der Waals surface area contributed by atoms with Gasteiger partial charge in [-0.05, 0) is 30.5 Å². The summed E-state index contributed by atoms with van der Waals surface area (Å²) in [6.45, 7) is 8.47. The number of hydrogen-bond acceptors (Lipinski definition) is 3. The van der Waals surface area contributed by atoms with E-state index in [2.05, 4.69) is 42.3 Å². The van der Waals surface area contributed by atoms with Crippen LogP contribution >= 0.6 is 24.0 Å². The van der Waals surface area contributed by atoms with E-state index < -0.39 is 0 Å². The number of aromatic nitrogens is 2. The van der Waals surface area contributed by atoms with Gasteiger partial charge in [-0.3, -0.25) is 9.48 Å². The number of carbonyl (C=O) groups excluding carboxylic acids is 1. The van der Waals surface area contributed by atoms with Crippen molar-refractivity contribution in [3.8, 4) is 0 Å². The number of benzene rings is 1. The van der Waals surface area contributed by atoms with Gasteiger partial charge in [-0.25, -0.2) is 4.99 Å². The number of rotatable bonds is 7. The lowest BCUT2D eigenvalue weighted by molar-refractivity contribution is 0.0827. The average Bonchev–Trinajstić information content (AvgIpc) is 3.05. The topological polar surface area (TPSA) is 65.8 Å². The molecule has 0 radical (unpaired) electrons. The summed E-state index contributed by atoms with van der Waals surface area (Å²) in [5, 5.41) is 7.96. The normalized spacial score (nSPS) is 11.3. The van der Waals surface area contributed by atoms with E-state index in [-0.39, 0.29) is 29.9 Å². The molecule has 0 atom stereocenters. The summed E-state index contributed by atoms with van der Waals surface area (Å²) < 4.78 is 1.87. The molecule has 30 heavy (non-hydrogen) atoms. The van der Waals surface area contributed by atoms with E-state index in [1.54, 1.807) is 19.0 Å². The number of nitrogens with zero attached hydrogens (tertiary/aromatic N) is 5. The van der Waals surface area contributed by atoms with E-state index in [0.29, 0.717) is 18.0 Å². The van der Waals surface area contributed by atoms with E-state index in [9.17, 15) is 4.79 Å². The first-order chi connectivity index (χ1) is 13.7. The fraction of sp³-hybridized carbons (Fsp3) is 0.500. The largest absolute Gasteiger partial charge is 0.357 e. The fourth-order valence-corrected chi connectivity index (χ4v) is 3.14. The number of aliphatic imine (C=N–C) groups is 1. The van der Waals surface area contributed by atoms with Gasteiger partial charge in [0.25, 0.3) is 5.91 Å². The van der Waals surface area contributed by atoms with Crippen molar-refractivity contribution in [2.75, 3.05) is 27.7 Å². The predicted molar refractivity (Wildman–Crippen MR) is 133 cm³/mol. The van der Waals surface area contributed by atoms with Gasteiger partial charge in [0, 0.05) is 58.6 Å². The smallest absolute Gasteiger partial charge is 0.253 e. The average molecular weight is 526 g/mol.